The first-order valence-electron chi connectivity index (χ1n) is 6.07. The lowest BCUT2D eigenvalue weighted by Crippen LogP contribution is -2.36. The van der Waals surface area contributed by atoms with Crippen molar-refractivity contribution in [3.63, 3.8) is 0 Å². The monoisotopic (exact) mass is 268 g/mol. The Morgan fingerprint density at radius 2 is 2.26 bits per heavy atom. The van der Waals surface area contributed by atoms with Gasteiger partial charge in [-0.3, -0.25) is 4.79 Å². The molecule has 2 unspecified atom stereocenters. The molecule has 2 rings (SSSR count). The van der Waals surface area contributed by atoms with Crippen molar-refractivity contribution in [2.24, 2.45) is 7.05 Å². The first-order valence-corrected chi connectivity index (χ1v) is 6.07. The van der Waals surface area contributed by atoms with Crippen molar-refractivity contribution < 1.29 is 19.4 Å². The summed E-state index contributed by atoms with van der Waals surface area (Å²) < 4.78 is 6.93. The van der Waals surface area contributed by atoms with Crippen LogP contribution >= 0.6 is 0 Å². The van der Waals surface area contributed by atoms with Crippen molar-refractivity contribution in [1.82, 2.24) is 20.1 Å². The number of carboxylic acids is 1. The Hall–Kier alpha value is -1.96. The number of carbonyl (C=O) groups excluding carboxylic acids is 1. The second-order valence-electron chi connectivity index (χ2n) is 4.43. The van der Waals surface area contributed by atoms with Crippen LogP contribution in [0.1, 0.15) is 18.7 Å². The first-order chi connectivity index (χ1) is 9.08. The van der Waals surface area contributed by atoms with E-state index in [0.29, 0.717) is 25.8 Å². The van der Waals surface area contributed by atoms with E-state index in [1.54, 1.807) is 10.9 Å². The molecule has 0 saturated carbocycles. The van der Waals surface area contributed by atoms with Gasteiger partial charge in [0.05, 0.1) is 0 Å². The van der Waals surface area contributed by atoms with Crippen LogP contribution in [0.15, 0.2) is 6.33 Å². The summed E-state index contributed by atoms with van der Waals surface area (Å²) in [4.78, 5) is 22.5. The number of aromatic nitrogens is 3. The van der Waals surface area contributed by atoms with E-state index in [1.165, 1.54) is 0 Å². The number of carboxylic acid groups (broad SMARTS) is 1. The van der Waals surface area contributed by atoms with Crippen LogP contribution < -0.4 is 5.32 Å². The Morgan fingerprint density at radius 1 is 1.53 bits per heavy atom. The quantitative estimate of drug-likeness (QED) is 0.717. The van der Waals surface area contributed by atoms with E-state index in [4.69, 9.17) is 9.84 Å². The molecule has 8 nitrogen and oxygen atoms in total. The minimum atomic E-state index is -1.02. The van der Waals surface area contributed by atoms with Crippen molar-refractivity contribution >= 4 is 11.9 Å². The Balaban J connectivity index is 1.73. The van der Waals surface area contributed by atoms with Gasteiger partial charge in [-0.25, -0.2) is 4.79 Å². The highest BCUT2D eigenvalue weighted by Gasteiger charge is 2.34. The fourth-order valence-corrected chi connectivity index (χ4v) is 1.96. The van der Waals surface area contributed by atoms with Crippen LogP contribution in [0.4, 0.5) is 0 Å². The maximum absolute atomic E-state index is 11.8. The van der Waals surface area contributed by atoms with E-state index >= 15 is 0 Å². The highest BCUT2D eigenvalue weighted by atomic mass is 16.5. The lowest BCUT2D eigenvalue weighted by molar-refractivity contribution is -0.151. The van der Waals surface area contributed by atoms with E-state index < -0.39 is 18.2 Å². The molecule has 8 heteroatoms. The third kappa shape index (κ3) is 3.28. The maximum Gasteiger partial charge on any atom is 0.332 e. The third-order valence-corrected chi connectivity index (χ3v) is 3.04. The number of rotatable bonds is 5. The summed E-state index contributed by atoms with van der Waals surface area (Å²) in [6, 6.07) is 0. The molecule has 1 aromatic heterocycles. The zero-order valence-corrected chi connectivity index (χ0v) is 10.6. The standard InChI is InChI=1S/C11H16N4O4/c1-15-6-13-14-9(15)4-5-12-10(16)7-2-3-8(19-7)11(17)18/h6-8H,2-5H2,1H3,(H,12,16)(H,17,18). The van der Waals surface area contributed by atoms with Crippen LogP contribution in [0.5, 0.6) is 0 Å². The van der Waals surface area contributed by atoms with E-state index in [9.17, 15) is 9.59 Å². The van der Waals surface area contributed by atoms with Crippen LogP contribution in [0, 0.1) is 0 Å². The van der Waals surface area contributed by atoms with E-state index in [-0.39, 0.29) is 5.91 Å². The Kier molecular flexibility index (Phi) is 4.10. The maximum atomic E-state index is 11.8. The SMILES string of the molecule is Cn1cnnc1CCNC(=O)C1CCC(C(=O)O)O1. The Morgan fingerprint density at radius 3 is 2.84 bits per heavy atom. The molecule has 0 bridgehead atoms. The van der Waals surface area contributed by atoms with Crippen LogP contribution in [-0.4, -0.2) is 50.5 Å². The lowest BCUT2D eigenvalue weighted by Gasteiger charge is -2.11. The molecule has 2 N–H and O–H groups in total. The van der Waals surface area contributed by atoms with Crippen molar-refractivity contribution in [2.75, 3.05) is 6.54 Å². The van der Waals surface area contributed by atoms with Crippen LogP contribution in [0.2, 0.25) is 0 Å². The number of hydrogen-bond acceptors (Lipinski definition) is 5. The largest absolute Gasteiger partial charge is 0.479 e. The van der Waals surface area contributed by atoms with Gasteiger partial charge in [0.1, 0.15) is 18.3 Å². The molecule has 2 atom stereocenters. The summed E-state index contributed by atoms with van der Waals surface area (Å²) in [6.07, 6.45) is 1.44. The molecular formula is C11H16N4O4. The van der Waals surface area contributed by atoms with Crippen molar-refractivity contribution in [1.29, 1.82) is 0 Å². The molecule has 2 heterocycles. The average Bonchev–Trinajstić information content (AvgIpc) is 2.98. The zero-order chi connectivity index (χ0) is 13.8. The van der Waals surface area contributed by atoms with Gasteiger partial charge in [-0.1, -0.05) is 0 Å². The molecule has 1 aromatic rings. The smallest absolute Gasteiger partial charge is 0.332 e. The topological polar surface area (TPSA) is 106 Å². The molecule has 0 aromatic carbocycles. The van der Waals surface area contributed by atoms with Crippen LogP contribution in [-0.2, 0) is 27.8 Å². The zero-order valence-electron chi connectivity index (χ0n) is 10.6. The second kappa shape index (κ2) is 5.79. The number of nitrogens with zero attached hydrogens (tertiary/aromatic N) is 3. The number of nitrogens with one attached hydrogen (secondary N) is 1. The highest BCUT2D eigenvalue weighted by molar-refractivity contribution is 5.82. The van der Waals surface area contributed by atoms with Crippen LogP contribution in [0.25, 0.3) is 0 Å². The molecule has 1 saturated heterocycles. The van der Waals surface area contributed by atoms with Gasteiger partial charge in [0.2, 0.25) is 5.91 Å². The predicted molar refractivity (Wildman–Crippen MR) is 63.2 cm³/mol. The van der Waals surface area contributed by atoms with E-state index in [1.807, 2.05) is 7.05 Å². The molecule has 0 aliphatic carbocycles. The van der Waals surface area contributed by atoms with Gasteiger partial charge in [0, 0.05) is 20.0 Å². The number of aliphatic carboxylic acids is 1. The lowest BCUT2D eigenvalue weighted by atomic mass is 10.2. The second-order valence-corrected chi connectivity index (χ2v) is 4.43. The third-order valence-electron chi connectivity index (χ3n) is 3.04. The number of aryl methyl sites for hydroxylation is 1. The summed E-state index contributed by atoms with van der Waals surface area (Å²) >= 11 is 0. The molecular weight excluding hydrogens is 252 g/mol. The molecule has 104 valence electrons. The summed E-state index contributed by atoms with van der Waals surface area (Å²) in [5.41, 5.74) is 0. The fraction of sp³-hybridized carbons (Fsp3) is 0.636. The summed E-state index contributed by atoms with van der Waals surface area (Å²) in [5.74, 6) is -0.517. The summed E-state index contributed by atoms with van der Waals surface area (Å²) in [7, 11) is 1.83. The van der Waals surface area contributed by atoms with E-state index in [0.717, 1.165) is 5.82 Å². The Labute approximate surface area is 109 Å². The van der Waals surface area contributed by atoms with Gasteiger partial charge in [0.25, 0.3) is 0 Å². The van der Waals surface area contributed by atoms with Gasteiger partial charge in [-0.2, -0.15) is 0 Å². The summed E-state index contributed by atoms with van der Waals surface area (Å²) in [6.45, 7) is 0.420. The van der Waals surface area contributed by atoms with Gasteiger partial charge >= 0.3 is 5.97 Å². The number of ether oxygens (including phenoxy) is 1. The minimum absolute atomic E-state index is 0.272. The predicted octanol–water partition coefficient (Wildman–Crippen LogP) is -0.894. The van der Waals surface area contributed by atoms with Crippen molar-refractivity contribution in [2.45, 2.75) is 31.5 Å². The molecule has 19 heavy (non-hydrogen) atoms. The fourth-order valence-electron chi connectivity index (χ4n) is 1.96. The van der Waals surface area contributed by atoms with Gasteiger partial charge in [-0.15, -0.1) is 10.2 Å². The average molecular weight is 268 g/mol. The highest BCUT2D eigenvalue weighted by Crippen LogP contribution is 2.19. The molecule has 1 fully saturated rings. The summed E-state index contributed by atoms with van der Waals surface area (Å²) in [5, 5.41) is 19.1. The number of hydrogen-bond donors (Lipinski definition) is 2. The van der Waals surface area contributed by atoms with Gasteiger partial charge < -0.3 is 19.7 Å². The normalized spacial score (nSPS) is 22.4. The van der Waals surface area contributed by atoms with E-state index in [2.05, 4.69) is 15.5 Å². The first kappa shape index (κ1) is 13.5. The molecule has 0 spiro atoms. The molecule has 1 amide bonds. The minimum Gasteiger partial charge on any atom is -0.479 e. The van der Waals surface area contributed by atoms with Crippen LogP contribution in [0.3, 0.4) is 0 Å². The molecule has 1 aliphatic heterocycles. The molecule has 0 radical (unpaired) electrons. The number of carbonyl (C=O) groups is 2. The van der Waals surface area contributed by atoms with Crippen molar-refractivity contribution in [3.05, 3.63) is 12.2 Å². The van der Waals surface area contributed by atoms with Gasteiger partial charge in [-0.05, 0) is 12.8 Å². The Bertz CT molecular complexity index is 473. The van der Waals surface area contributed by atoms with Crippen molar-refractivity contribution in [3.8, 4) is 0 Å². The number of amides is 1. The molecule has 1 aliphatic rings. The van der Waals surface area contributed by atoms with Gasteiger partial charge in [0.15, 0.2) is 6.10 Å².